The molecule has 2 saturated heterocycles. The van der Waals surface area contributed by atoms with Gasteiger partial charge in [-0.3, -0.25) is 19.9 Å². The minimum atomic E-state index is -0.783. The van der Waals surface area contributed by atoms with Crippen molar-refractivity contribution in [1.82, 2.24) is 10.3 Å². The van der Waals surface area contributed by atoms with Gasteiger partial charge in [-0.05, 0) is 48.1 Å². The summed E-state index contributed by atoms with van der Waals surface area (Å²) in [4.78, 5) is 45.2. The Morgan fingerprint density at radius 3 is 2.42 bits per heavy atom. The molecular formula is C24H20N4O3. The van der Waals surface area contributed by atoms with Crippen LogP contribution in [0.4, 0.5) is 16.2 Å². The van der Waals surface area contributed by atoms with Crippen LogP contribution in [-0.2, 0) is 9.59 Å². The number of anilines is 2. The summed E-state index contributed by atoms with van der Waals surface area (Å²) < 4.78 is 0. The topological polar surface area (TPSA) is 82.6 Å². The van der Waals surface area contributed by atoms with Crippen molar-refractivity contribution in [2.24, 2.45) is 0 Å². The van der Waals surface area contributed by atoms with E-state index in [2.05, 4.69) is 21.3 Å². The van der Waals surface area contributed by atoms with Crippen LogP contribution in [0.3, 0.4) is 0 Å². The second kappa shape index (κ2) is 7.68. The molecule has 2 fully saturated rings. The van der Waals surface area contributed by atoms with Crippen molar-refractivity contribution < 1.29 is 14.4 Å². The molecule has 1 N–H and O–H groups in total. The summed E-state index contributed by atoms with van der Waals surface area (Å²) in [6.07, 6.45) is 6.86. The van der Waals surface area contributed by atoms with E-state index >= 15 is 0 Å². The summed E-state index contributed by atoms with van der Waals surface area (Å²) in [6.45, 7) is 2.04. The van der Waals surface area contributed by atoms with Gasteiger partial charge < -0.3 is 4.90 Å². The number of amides is 4. The molecule has 7 heteroatoms. The van der Waals surface area contributed by atoms with Gasteiger partial charge in [0.2, 0.25) is 0 Å². The number of hydrogen-bond acceptors (Lipinski definition) is 5. The second-order valence-corrected chi connectivity index (χ2v) is 7.58. The van der Waals surface area contributed by atoms with Gasteiger partial charge in [0.15, 0.2) is 0 Å². The van der Waals surface area contributed by atoms with Crippen LogP contribution in [0.1, 0.15) is 18.4 Å². The average molecular weight is 412 g/mol. The zero-order valence-electron chi connectivity index (χ0n) is 16.7. The predicted molar refractivity (Wildman–Crippen MR) is 119 cm³/mol. The molecule has 3 aromatic rings. The number of benzene rings is 2. The fourth-order valence-electron chi connectivity index (χ4n) is 4.20. The number of imide groups is 2. The number of urea groups is 1. The lowest BCUT2D eigenvalue weighted by atomic mass is 9.99. The number of pyridine rings is 1. The molecule has 0 bridgehead atoms. The molecule has 5 rings (SSSR count). The lowest BCUT2D eigenvalue weighted by Crippen LogP contribution is -2.54. The Bertz CT molecular complexity index is 1230. The van der Waals surface area contributed by atoms with Gasteiger partial charge in [-0.25, -0.2) is 9.69 Å². The maximum Gasteiger partial charge on any atom is 0.336 e. The molecule has 2 aliphatic heterocycles. The normalized spacial score (nSPS) is 18.2. The molecule has 0 radical (unpaired) electrons. The van der Waals surface area contributed by atoms with Crippen molar-refractivity contribution in [3.8, 4) is 0 Å². The van der Waals surface area contributed by atoms with Gasteiger partial charge in [0.1, 0.15) is 5.57 Å². The summed E-state index contributed by atoms with van der Waals surface area (Å²) in [6, 6.07) is 14.4. The van der Waals surface area contributed by atoms with Crippen LogP contribution >= 0.6 is 0 Å². The predicted octanol–water partition coefficient (Wildman–Crippen LogP) is 3.50. The highest BCUT2D eigenvalue weighted by Crippen LogP contribution is 2.33. The van der Waals surface area contributed by atoms with Crippen LogP contribution in [0.25, 0.3) is 16.8 Å². The Morgan fingerprint density at radius 2 is 1.68 bits per heavy atom. The lowest BCUT2D eigenvalue weighted by molar-refractivity contribution is -0.122. The molecule has 4 amide bonds. The Morgan fingerprint density at radius 1 is 0.903 bits per heavy atom. The standard InChI is InChI=1S/C24H20N4O3/c29-22-20(23(30)28(24(31)26-22)17-6-5-11-25-15-17)14-16-9-10-21(27-12-3-4-13-27)19-8-2-1-7-18(16)19/h1-2,5-11,14-15H,3-4,12-13H2,(H,26,29,31)/b20-14+. The summed E-state index contributed by atoms with van der Waals surface area (Å²) in [7, 11) is 0. The highest BCUT2D eigenvalue weighted by molar-refractivity contribution is 6.39. The van der Waals surface area contributed by atoms with Crippen molar-refractivity contribution in [3.63, 3.8) is 0 Å². The number of rotatable bonds is 3. The fraction of sp³-hybridized carbons (Fsp3) is 0.167. The average Bonchev–Trinajstić information content (AvgIpc) is 3.32. The number of fused-ring (bicyclic) bond motifs is 1. The molecule has 7 nitrogen and oxygen atoms in total. The molecule has 1 aromatic heterocycles. The SMILES string of the molecule is O=C1NC(=O)N(c2cccnc2)C(=O)/C1=C/c1ccc(N2CCCC2)c2ccccc12. The van der Waals surface area contributed by atoms with Crippen molar-refractivity contribution in [2.75, 3.05) is 22.9 Å². The number of carbonyl (C=O) groups excluding carboxylic acids is 3. The van der Waals surface area contributed by atoms with Crippen molar-refractivity contribution in [2.45, 2.75) is 12.8 Å². The summed E-state index contributed by atoms with van der Waals surface area (Å²) in [5.74, 6) is -1.38. The first-order valence-electron chi connectivity index (χ1n) is 10.2. The molecule has 0 saturated carbocycles. The van der Waals surface area contributed by atoms with E-state index in [-0.39, 0.29) is 5.57 Å². The first-order valence-corrected chi connectivity index (χ1v) is 10.2. The first-order chi connectivity index (χ1) is 15.1. The largest absolute Gasteiger partial charge is 0.371 e. The Labute approximate surface area is 179 Å². The fourth-order valence-corrected chi connectivity index (χ4v) is 4.20. The maximum absolute atomic E-state index is 13.1. The van der Waals surface area contributed by atoms with Crippen LogP contribution in [0.2, 0.25) is 0 Å². The van der Waals surface area contributed by atoms with Crippen LogP contribution in [-0.4, -0.2) is 35.9 Å². The number of aromatic nitrogens is 1. The molecule has 0 atom stereocenters. The zero-order valence-corrected chi connectivity index (χ0v) is 16.7. The van der Waals surface area contributed by atoms with E-state index in [0.717, 1.165) is 40.0 Å². The molecule has 3 heterocycles. The third-order valence-corrected chi connectivity index (χ3v) is 5.69. The van der Waals surface area contributed by atoms with Crippen molar-refractivity contribution in [1.29, 1.82) is 0 Å². The minimum Gasteiger partial charge on any atom is -0.371 e. The van der Waals surface area contributed by atoms with Crippen molar-refractivity contribution >= 4 is 46.1 Å². The Balaban J connectivity index is 1.59. The Kier molecular flexibility index (Phi) is 4.71. The second-order valence-electron chi connectivity index (χ2n) is 7.58. The van der Waals surface area contributed by atoms with Gasteiger partial charge in [0, 0.05) is 30.4 Å². The van der Waals surface area contributed by atoms with E-state index < -0.39 is 17.8 Å². The molecular weight excluding hydrogens is 392 g/mol. The third-order valence-electron chi connectivity index (χ3n) is 5.69. The maximum atomic E-state index is 13.1. The van der Waals surface area contributed by atoms with E-state index in [0.29, 0.717) is 5.69 Å². The highest BCUT2D eigenvalue weighted by Gasteiger charge is 2.37. The quantitative estimate of drug-likeness (QED) is 0.526. The van der Waals surface area contributed by atoms with Gasteiger partial charge in [-0.1, -0.05) is 30.3 Å². The first kappa shape index (κ1) is 19.0. The highest BCUT2D eigenvalue weighted by atomic mass is 16.2. The number of nitrogens with one attached hydrogen (secondary N) is 1. The number of nitrogens with zero attached hydrogens (tertiary/aromatic N) is 3. The molecule has 154 valence electrons. The van der Waals surface area contributed by atoms with E-state index in [1.807, 2.05) is 30.3 Å². The van der Waals surface area contributed by atoms with Crippen molar-refractivity contribution in [3.05, 3.63) is 72.1 Å². The minimum absolute atomic E-state index is 0.0949. The van der Waals surface area contributed by atoms with Crippen LogP contribution in [0.5, 0.6) is 0 Å². The van der Waals surface area contributed by atoms with Gasteiger partial charge >= 0.3 is 6.03 Å². The van der Waals surface area contributed by atoms with Gasteiger partial charge in [-0.2, -0.15) is 0 Å². The van der Waals surface area contributed by atoms with E-state index in [4.69, 9.17) is 0 Å². The van der Waals surface area contributed by atoms with Gasteiger partial charge in [0.05, 0.1) is 11.9 Å². The smallest absolute Gasteiger partial charge is 0.336 e. The molecule has 0 unspecified atom stereocenters. The summed E-state index contributed by atoms with van der Waals surface area (Å²) in [5, 5.41) is 4.28. The summed E-state index contributed by atoms with van der Waals surface area (Å²) in [5.41, 5.74) is 2.11. The number of hydrogen-bond donors (Lipinski definition) is 1. The van der Waals surface area contributed by atoms with Crippen LogP contribution < -0.4 is 15.1 Å². The Hall–Kier alpha value is -4.00. The molecule has 2 aromatic carbocycles. The van der Waals surface area contributed by atoms with Crippen LogP contribution in [0, 0.1) is 0 Å². The number of carbonyl (C=O) groups is 3. The molecule has 0 aliphatic carbocycles. The molecule has 31 heavy (non-hydrogen) atoms. The van der Waals surface area contributed by atoms with Crippen LogP contribution in [0.15, 0.2) is 66.5 Å². The summed E-state index contributed by atoms with van der Waals surface area (Å²) >= 11 is 0. The third kappa shape index (κ3) is 3.34. The molecule has 2 aliphatic rings. The lowest BCUT2D eigenvalue weighted by Gasteiger charge is -2.26. The molecule has 0 spiro atoms. The van der Waals surface area contributed by atoms with E-state index in [9.17, 15) is 14.4 Å². The zero-order chi connectivity index (χ0) is 21.4. The number of barbiturate groups is 1. The van der Waals surface area contributed by atoms with Gasteiger partial charge in [0.25, 0.3) is 11.8 Å². The monoisotopic (exact) mass is 412 g/mol. The van der Waals surface area contributed by atoms with E-state index in [1.165, 1.54) is 19.0 Å². The van der Waals surface area contributed by atoms with Gasteiger partial charge in [-0.15, -0.1) is 0 Å². The van der Waals surface area contributed by atoms with E-state index in [1.54, 1.807) is 24.4 Å².